The molecule has 1 unspecified atom stereocenters. The van der Waals surface area contributed by atoms with Crippen molar-refractivity contribution < 1.29 is 13.5 Å². The second kappa shape index (κ2) is 10.7. The summed E-state index contributed by atoms with van der Waals surface area (Å²) in [5, 5.41) is 13.1. The number of piperidine rings is 1. The minimum Gasteiger partial charge on any atom is -0.393 e. The topological polar surface area (TPSA) is 128 Å². The van der Waals surface area contributed by atoms with Gasteiger partial charge in [-0.25, -0.2) is 13.4 Å². The summed E-state index contributed by atoms with van der Waals surface area (Å²) in [7, 11) is -2.82. The highest BCUT2D eigenvalue weighted by Gasteiger charge is 2.31. The van der Waals surface area contributed by atoms with Gasteiger partial charge in [0.1, 0.15) is 5.65 Å². The van der Waals surface area contributed by atoms with Crippen LogP contribution in [0, 0.1) is 6.92 Å². The van der Waals surface area contributed by atoms with Crippen LogP contribution in [0.5, 0.6) is 0 Å². The first-order chi connectivity index (χ1) is 15.8. The van der Waals surface area contributed by atoms with Crippen LogP contribution in [0.1, 0.15) is 50.5 Å². The number of aliphatic hydroxyl groups excluding tert-OH is 1. The van der Waals surface area contributed by atoms with Crippen LogP contribution in [0.3, 0.4) is 0 Å². The number of aryl methyl sites for hydroxylation is 1. The van der Waals surface area contributed by atoms with Crippen LogP contribution >= 0.6 is 11.9 Å². The molecule has 2 aliphatic heterocycles. The summed E-state index contributed by atoms with van der Waals surface area (Å²) in [5.74, 6) is 1.15. The average Bonchev–Trinajstić information content (AvgIpc) is 3.39. The van der Waals surface area contributed by atoms with Gasteiger partial charge in [0.15, 0.2) is 9.84 Å². The molecule has 11 heteroatoms. The van der Waals surface area contributed by atoms with E-state index in [0.29, 0.717) is 28.7 Å². The van der Waals surface area contributed by atoms with Gasteiger partial charge in [-0.3, -0.25) is 9.10 Å². The molecule has 2 saturated heterocycles. The lowest BCUT2D eigenvalue weighted by Crippen LogP contribution is -2.37. The molecule has 1 atom stereocenters. The Morgan fingerprint density at radius 1 is 1.18 bits per heavy atom. The molecule has 0 aromatic carbocycles. The Balaban J connectivity index is 0.000000376. The minimum absolute atomic E-state index is 0.0463. The quantitative estimate of drug-likeness (QED) is 0.547. The van der Waals surface area contributed by atoms with E-state index in [-0.39, 0.29) is 23.0 Å². The third-order valence-corrected chi connectivity index (χ3v) is 9.72. The van der Waals surface area contributed by atoms with Crippen molar-refractivity contribution >= 4 is 38.8 Å². The Kier molecular flexibility index (Phi) is 7.93. The molecular formula is C22H33N5O4S2. The number of pyridine rings is 1. The van der Waals surface area contributed by atoms with Crippen molar-refractivity contribution in [1.82, 2.24) is 19.3 Å². The summed E-state index contributed by atoms with van der Waals surface area (Å²) in [5.41, 5.74) is 1.05. The van der Waals surface area contributed by atoms with E-state index in [1.165, 1.54) is 12.8 Å². The van der Waals surface area contributed by atoms with Gasteiger partial charge in [0.25, 0.3) is 5.56 Å². The van der Waals surface area contributed by atoms with Gasteiger partial charge in [0, 0.05) is 41.5 Å². The highest BCUT2D eigenvalue weighted by Crippen LogP contribution is 2.30. The van der Waals surface area contributed by atoms with Crippen molar-refractivity contribution in [3.63, 3.8) is 0 Å². The van der Waals surface area contributed by atoms with Gasteiger partial charge in [0.2, 0.25) is 5.95 Å². The summed E-state index contributed by atoms with van der Waals surface area (Å²) < 4.78 is 25.5. The maximum absolute atomic E-state index is 11.8. The maximum atomic E-state index is 11.8. The number of aliphatic hydroxyl groups is 1. The van der Waals surface area contributed by atoms with E-state index in [4.69, 9.17) is 5.11 Å². The molecule has 182 valence electrons. The zero-order valence-electron chi connectivity index (χ0n) is 19.0. The first-order valence-corrected chi connectivity index (χ1v) is 14.4. The lowest BCUT2D eigenvalue weighted by molar-refractivity contribution is 0.183. The molecule has 2 aromatic heterocycles. The standard InChI is InChI=1S/C17H23N5O3S2.C5H10O/c1-11-8-12-9-18-17(21-15(12)20-16(11)23)19-13-2-5-22(6-3-13)26-14-4-7-27(24,25)10-14;6-5-3-1-2-4-5/h8-9,13-14H,2-7,10H2,1H3,(H2,18,19,20,21,23);5-6H,1-4H2. The number of fused-ring (bicyclic) bond motifs is 1. The summed E-state index contributed by atoms with van der Waals surface area (Å²) in [6.07, 6.45) is 8.97. The molecule has 0 bridgehead atoms. The molecule has 33 heavy (non-hydrogen) atoms. The van der Waals surface area contributed by atoms with Crippen molar-refractivity contribution in [2.75, 3.05) is 29.9 Å². The molecule has 1 aliphatic carbocycles. The number of anilines is 1. The van der Waals surface area contributed by atoms with Crippen LogP contribution in [0.2, 0.25) is 0 Å². The van der Waals surface area contributed by atoms with E-state index in [1.807, 2.05) is 0 Å². The Labute approximate surface area is 198 Å². The van der Waals surface area contributed by atoms with E-state index in [1.54, 1.807) is 31.1 Å². The SMILES string of the molecule is Cc1cc2cnc(NC3CCN(SC4CCS(=O)(=O)C4)CC3)nc2[nH]c1=O.OC1CCCC1. The van der Waals surface area contributed by atoms with Crippen molar-refractivity contribution in [3.05, 3.63) is 28.2 Å². The number of H-pyrrole nitrogens is 1. The number of nitrogens with zero attached hydrogens (tertiary/aromatic N) is 3. The molecule has 2 aromatic rings. The van der Waals surface area contributed by atoms with Crippen LogP contribution in [-0.4, -0.2) is 74.8 Å². The maximum Gasteiger partial charge on any atom is 0.252 e. The lowest BCUT2D eigenvalue weighted by atomic mass is 10.1. The second-order valence-electron chi connectivity index (χ2n) is 9.20. The number of nitrogens with one attached hydrogen (secondary N) is 2. The molecular weight excluding hydrogens is 462 g/mol. The Morgan fingerprint density at radius 3 is 2.52 bits per heavy atom. The fraction of sp³-hybridized carbons (Fsp3) is 0.682. The molecule has 1 saturated carbocycles. The molecule has 0 radical (unpaired) electrons. The van der Waals surface area contributed by atoms with E-state index < -0.39 is 9.84 Å². The predicted molar refractivity (Wildman–Crippen MR) is 132 cm³/mol. The van der Waals surface area contributed by atoms with Gasteiger partial charge < -0.3 is 15.4 Å². The van der Waals surface area contributed by atoms with Gasteiger partial charge >= 0.3 is 0 Å². The molecule has 3 aliphatic rings. The van der Waals surface area contributed by atoms with Crippen LogP contribution in [0.25, 0.3) is 11.0 Å². The van der Waals surface area contributed by atoms with E-state index in [2.05, 4.69) is 24.6 Å². The van der Waals surface area contributed by atoms with Crippen LogP contribution in [-0.2, 0) is 9.84 Å². The molecule has 3 N–H and O–H groups in total. The van der Waals surface area contributed by atoms with Crippen LogP contribution in [0.15, 0.2) is 17.1 Å². The Morgan fingerprint density at radius 2 is 1.91 bits per heavy atom. The molecule has 4 heterocycles. The van der Waals surface area contributed by atoms with Gasteiger partial charge in [-0.2, -0.15) is 4.98 Å². The first-order valence-electron chi connectivity index (χ1n) is 11.7. The van der Waals surface area contributed by atoms with Gasteiger partial charge in [0.05, 0.1) is 17.6 Å². The van der Waals surface area contributed by atoms with Crippen LogP contribution in [0.4, 0.5) is 5.95 Å². The normalized spacial score (nSPS) is 24.0. The first kappa shape index (κ1) is 24.4. The molecule has 0 amide bonds. The van der Waals surface area contributed by atoms with E-state index >= 15 is 0 Å². The third-order valence-electron chi connectivity index (χ3n) is 6.38. The molecule has 3 fully saturated rings. The van der Waals surface area contributed by atoms with Crippen molar-refractivity contribution in [2.24, 2.45) is 0 Å². The van der Waals surface area contributed by atoms with Gasteiger partial charge in [-0.15, -0.1) is 0 Å². The zero-order valence-corrected chi connectivity index (χ0v) is 20.6. The van der Waals surface area contributed by atoms with Crippen molar-refractivity contribution in [3.8, 4) is 0 Å². The number of sulfone groups is 1. The highest BCUT2D eigenvalue weighted by molar-refractivity contribution is 8.00. The number of hydrogen-bond acceptors (Lipinski definition) is 9. The summed E-state index contributed by atoms with van der Waals surface area (Å²) in [4.78, 5) is 23.3. The molecule has 5 rings (SSSR count). The van der Waals surface area contributed by atoms with Crippen molar-refractivity contribution in [2.45, 2.75) is 69.3 Å². The fourth-order valence-corrected chi connectivity index (χ4v) is 8.04. The third kappa shape index (κ3) is 6.91. The highest BCUT2D eigenvalue weighted by atomic mass is 32.2. The number of aromatic nitrogens is 3. The zero-order chi connectivity index (χ0) is 23.4. The average molecular weight is 496 g/mol. The second-order valence-corrected chi connectivity index (χ2v) is 12.8. The van der Waals surface area contributed by atoms with Crippen molar-refractivity contribution in [1.29, 1.82) is 0 Å². The van der Waals surface area contributed by atoms with Crippen LogP contribution < -0.4 is 10.9 Å². The minimum atomic E-state index is -2.82. The number of hydrogen-bond donors (Lipinski definition) is 3. The number of rotatable bonds is 4. The Bertz CT molecular complexity index is 1110. The molecule has 0 spiro atoms. The predicted octanol–water partition coefficient (Wildman–Crippen LogP) is 2.26. The van der Waals surface area contributed by atoms with Gasteiger partial charge in [-0.1, -0.05) is 24.8 Å². The Hall–Kier alpha value is -1.69. The monoisotopic (exact) mass is 495 g/mol. The number of aromatic amines is 1. The summed E-state index contributed by atoms with van der Waals surface area (Å²) >= 11 is 1.70. The summed E-state index contributed by atoms with van der Waals surface area (Å²) in [6, 6.07) is 2.06. The largest absolute Gasteiger partial charge is 0.393 e. The van der Waals surface area contributed by atoms with E-state index in [0.717, 1.165) is 50.6 Å². The van der Waals surface area contributed by atoms with E-state index in [9.17, 15) is 13.2 Å². The fourth-order valence-electron chi connectivity index (χ4n) is 4.42. The summed E-state index contributed by atoms with van der Waals surface area (Å²) in [6.45, 7) is 3.57. The lowest BCUT2D eigenvalue weighted by Gasteiger charge is -2.32. The smallest absolute Gasteiger partial charge is 0.252 e. The molecule has 9 nitrogen and oxygen atoms in total. The van der Waals surface area contributed by atoms with Gasteiger partial charge in [-0.05, 0) is 45.1 Å².